The molecule has 1 atom stereocenters. The van der Waals surface area contributed by atoms with Crippen LogP contribution in [-0.4, -0.2) is 17.6 Å². The molecule has 0 heterocycles. The van der Waals surface area contributed by atoms with Crippen LogP contribution in [0.25, 0.3) is 0 Å². The first kappa shape index (κ1) is 12.4. The number of rotatable bonds is 5. The van der Waals surface area contributed by atoms with Gasteiger partial charge in [-0.25, -0.2) is 9.18 Å². The number of aliphatic carboxylic acids is 1. The van der Waals surface area contributed by atoms with Crippen LogP contribution >= 0.6 is 0 Å². The van der Waals surface area contributed by atoms with Crippen molar-refractivity contribution in [3.05, 3.63) is 47.8 Å². The molecule has 3 nitrogen and oxygen atoms in total. The minimum Gasteiger partial charge on any atom is -0.478 e. The predicted molar refractivity (Wildman–Crippen MR) is 59.6 cm³/mol. The molecule has 0 unspecified atom stereocenters. The summed E-state index contributed by atoms with van der Waals surface area (Å²) in [5.74, 6) is -1.33. The van der Waals surface area contributed by atoms with Gasteiger partial charge in [-0.05, 0) is 24.6 Å². The van der Waals surface area contributed by atoms with E-state index in [-0.39, 0.29) is 24.0 Å². The van der Waals surface area contributed by atoms with E-state index >= 15 is 0 Å². The highest BCUT2D eigenvalue weighted by Gasteiger charge is 2.08. The summed E-state index contributed by atoms with van der Waals surface area (Å²) in [4.78, 5) is 10.5. The van der Waals surface area contributed by atoms with Crippen molar-refractivity contribution in [3.63, 3.8) is 0 Å². The van der Waals surface area contributed by atoms with E-state index in [1.807, 2.05) is 6.92 Å². The summed E-state index contributed by atoms with van der Waals surface area (Å²) in [6, 6.07) is 6.07. The molecule has 0 radical (unpaired) electrons. The lowest BCUT2D eigenvalue weighted by Gasteiger charge is -2.14. The summed E-state index contributed by atoms with van der Waals surface area (Å²) < 4.78 is 12.9. The number of hydrogen-bond acceptors (Lipinski definition) is 2. The van der Waals surface area contributed by atoms with Crippen molar-refractivity contribution in [1.29, 1.82) is 0 Å². The molecule has 4 heteroatoms. The SMILES string of the molecule is C=C(CN[C@@H](C)c1cccc(F)c1)C(=O)O. The van der Waals surface area contributed by atoms with Crippen LogP contribution in [0.3, 0.4) is 0 Å². The molecule has 0 bridgehead atoms. The molecular weight excluding hydrogens is 209 g/mol. The Bertz CT molecular complexity index is 404. The molecule has 0 aromatic heterocycles. The van der Waals surface area contributed by atoms with Gasteiger partial charge < -0.3 is 10.4 Å². The Hall–Kier alpha value is -1.68. The molecule has 0 saturated carbocycles. The van der Waals surface area contributed by atoms with Crippen molar-refractivity contribution < 1.29 is 14.3 Å². The molecule has 1 aromatic carbocycles. The molecule has 86 valence electrons. The summed E-state index contributed by atoms with van der Waals surface area (Å²) in [6.45, 7) is 5.41. The third-order valence-corrected chi connectivity index (χ3v) is 2.27. The second kappa shape index (κ2) is 5.42. The first-order valence-corrected chi connectivity index (χ1v) is 4.90. The molecule has 0 spiro atoms. The summed E-state index contributed by atoms with van der Waals surface area (Å²) in [7, 11) is 0. The van der Waals surface area contributed by atoms with E-state index in [1.165, 1.54) is 12.1 Å². The average Bonchev–Trinajstić information content (AvgIpc) is 2.25. The third-order valence-electron chi connectivity index (χ3n) is 2.27. The maximum atomic E-state index is 12.9. The number of benzene rings is 1. The Morgan fingerprint density at radius 1 is 1.62 bits per heavy atom. The molecule has 0 aliphatic carbocycles. The van der Waals surface area contributed by atoms with Gasteiger partial charge in [0.25, 0.3) is 0 Å². The maximum absolute atomic E-state index is 12.9. The van der Waals surface area contributed by atoms with Crippen LogP contribution in [-0.2, 0) is 4.79 Å². The Labute approximate surface area is 93.6 Å². The molecule has 0 aliphatic heterocycles. The molecule has 0 aliphatic rings. The first-order chi connectivity index (χ1) is 7.50. The normalized spacial score (nSPS) is 12.1. The van der Waals surface area contributed by atoms with Crippen LogP contribution in [0.5, 0.6) is 0 Å². The van der Waals surface area contributed by atoms with E-state index in [4.69, 9.17) is 5.11 Å². The molecular formula is C12H14FNO2. The van der Waals surface area contributed by atoms with Gasteiger partial charge >= 0.3 is 5.97 Å². The fourth-order valence-corrected chi connectivity index (χ4v) is 1.25. The Kier molecular flexibility index (Phi) is 4.19. The zero-order valence-electron chi connectivity index (χ0n) is 9.03. The molecule has 1 aromatic rings. The van der Waals surface area contributed by atoms with E-state index in [1.54, 1.807) is 12.1 Å². The van der Waals surface area contributed by atoms with Gasteiger partial charge in [0.2, 0.25) is 0 Å². The lowest BCUT2D eigenvalue weighted by atomic mass is 10.1. The first-order valence-electron chi connectivity index (χ1n) is 4.90. The van der Waals surface area contributed by atoms with Crippen LogP contribution in [0.2, 0.25) is 0 Å². The molecule has 0 amide bonds. The largest absolute Gasteiger partial charge is 0.478 e. The molecule has 0 fully saturated rings. The Morgan fingerprint density at radius 3 is 2.88 bits per heavy atom. The zero-order valence-corrected chi connectivity index (χ0v) is 9.03. The smallest absolute Gasteiger partial charge is 0.332 e. The third kappa shape index (κ3) is 3.47. The van der Waals surface area contributed by atoms with Crippen molar-refractivity contribution in [2.75, 3.05) is 6.54 Å². The van der Waals surface area contributed by atoms with Gasteiger partial charge in [0.15, 0.2) is 0 Å². The van der Waals surface area contributed by atoms with Gasteiger partial charge in [0.05, 0.1) is 0 Å². The molecule has 1 rings (SSSR count). The number of halogens is 1. The lowest BCUT2D eigenvalue weighted by Crippen LogP contribution is -2.23. The number of carboxylic acid groups (broad SMARTS) is 1. The van der Waals surface area contributed by atoms with Gasteiger partial charge in [-0.1, -0.05) is 18.7 Å². The highest BCUT2D eigenvalue weighted by molar-refractivity contribution is 5.86. The number of nitrogens with one attached hydrogen (secondary N) is 1. The van der Waals surface area contributed by atoms with E-state index in [0.29, 0.717) is 0 Å². The Morgan fingerprint density at radius 2 is 2.31 bits per heavy atom. The molecule has 16 heavy (non-hydrogen) atoms. The van der Waals surface area contributed by atoms with Crippen LogP contribution in [0, 0.1) is 5.82 Å². The minimum absolute atomic E-state index is 0.0863. The van der Waals surface area contributed by atoms with Gasteiger partial charge in [-0.15, -0.1) is 0 Å². The fourth-order valence-electron chi connectivity index (χ4n) is 1.25. The van der Waals surface area contributed by atoms with Crippen LogP contribution in [0.1, 0.15) is 18.5 Å². The number of hydrogen-bond donors (Lipinski definition) is 2. The number of carbonyl (C=O) groups is 1. The quantitative estimate of drug-likeness (QED) is 0.752. The highest BCUT2D eigenvalue weighted by Crippen LogP contribution is 2.13. The summed E-state index contributed by atoms with van der Waals surface area (Å²) in [5, 5.41) is 11.6. The second-order valence-electron chi connectivity index (χ2n) is 3.57. The Balaban J connectivity index is 2.56. The minimum atomic E-state index is -1.03. The standard InChI is InChI=1S/C12H14FNO2/c1-8(12(15)16)7-14-9(2)10-4-3-5-11(13)6-10/h3-6,9,14H,1,7H2,2H3,(H,15,16)/t9-/m0/s1. The summed E-state index contributed by atoms with van der Waals surface area (Å²) in [5.41, 5.74) is 0.862. The van der Waals surface area contributed by atoms with Gasteiger partial charge in [-0.3, -0.25) is 0 Å². The van der Waals surface area contributed by atoms with E-state index in [9.17, 15) is 9.18 Å². The molecule has 0 saturated heterocycles. The predicted octanol–water partition coefficient (Wildman–Crippen LogP) is 2.12. The van der Waals surface area contributed by atoms with Crippen molar-refractivity contribution in [3.8, 4) is 0 Å². The molecule has 2 N–H and O–H groups in total. The zero-order chi connectivity index (χ0) is 12.1. The van der Waals surface area contributed by atoms with Crippen molar-refractivity contribution in [2.24, 2.45) is 0 Å². The maximum Gasteiger partial charge on any atom is 0.332 e. The van der Waals surface area contributed by atoms with Crippen LogP contribution in [0.4, 0.5) is 4.39 Å². The van der Waals surface area contributed by atoms with Gasteiger partial charge in [0, 0.05) is 18.2 Å². The van der Waals surface area contributed by atoms with Crippen LogP contribution in [0.15, 0.2) is 36.4 Å². The van der Waals surface area contributed by atoms with Crippen molar-refractivity contribution in [1.82, 2.24) is 5.32 Å². The van der Waals surface area contributed by atoms with Crippen LogP contribution < -0.4 is 5.32 Å². The lowest BCUT2D eigenvalue weighted by molar-refractivity contribution is -0.132. The monoisotopic (exact) mass is 223 g/mol. The van der Waals surface area contributed by atoms with Crippen molar-refractivity contribution in [2.45, 2.75) is 13.0 Å². The number of carboxylic acids is 1. The summed E-state index contributed by atoms with van der Waals surface area (Å²) >= 11 is 0. The van der Waals surface area contributed by atoms with Crippen molar-refractivity contribution >= 4 is 5.97 Å². The fraction of sp³-hybridized carbons (Fsp3) is 0.250. The topological polar surface area (TPSA) is 49.3 Å². The highest BCUT2D eigenvalue weighted by atomic mass is 19.1. The van der Waals surface area contributed by atoms with E-state index < -0.39 is 5.97 Å². The van der Waals surface area contributed by atoms with Gasteiger partial charge in [-0.2, -0.15) is 0 Å². The van der Waals surface area contributed by atoms with E-state index in [2.05, 4.69) is 11.9 Å². The van der Waals surface area contributed by atoms with E-state index in [0.717, 1.165) is 5.56 Å². The average molecular weight is 223 g/mol. The summed E-state index contributed by atoms with van der Waals surface area (Å²) in [6.07, 6.45) is 0. The van der Waals surface area contributed by atoms with Gasteiger partial charge in [0.1, 0.15) is 5.82 Å². The second-order valence-corrected chi connectivity index (χ2v) is 3.57.